The van der Waals surface area contributed by atoms with Gasteiger partial charge in [0.25, 0.3) is 0 Å². The molecule has 1 aromatic heterocycles. The lowest BCUT2D eigenvalue weighted by Crippen LogP contribution is -2.01. The summed E-state index contributed by atoms with van der Waals surface area (Å²) in [6.07, 6.45) is 17.0. The highest BCUT2D eigenvalue weighted by atomic mass is 15.0. The van der Waals surface area contributed by atoms with Crippen molar-refractivity contribution in [1.82, 2.24) is 4.57 Å². The van der Waals surface area contributed by atoms with Crippen LogP contribution < -0.4 is 0 Å². The predicted molar refractivity (Wildman–Crippen MR) is 86.7 cm³/mol. The lowest BCUT2D eigenvalue weighted by atomic mass is 10.1. The van der Waals surface area contributed by atoms with Crippen LogP contribution in [0.15, 0.2) is 37.5 Å². The maximum Gasteiger partial charge on any atom is 0.0531 e. The molecule has 0 fully saturated rings. The van der Waals surface area contributed by atoms with Crippen LogP contribution >= 0.6 is 0 Å². The zero-order valence-corrected chi connectivity index (χ0v) is 11.8. The minimum Gasteiger partial charge on any atom is -0.314 e. The predicted octanol–water partition coefficient (Wildman–Crippen LogP) is 5.31. The van der Waals surface area contributed by atoms with Gasteiger partial charge in [-0.15, -0.1) is 0 Å². The Labute approximate surface area is 116 Å². The lowest BCUT2D eigenvalue weighted by molar-refractivity contribution is 0.974. The summed E-state index contributed by atoms with van der Waals surface area (Å²) in [6, 6.07) is 0. The van der Waals surface area contributed by atoms with Gasteiger partial charge in [-0.25, -0.2) is 0 Å². The fraction of sp³-hybridized carbons (Fsp3) is 0.222. The number of allylic oxidation sites excluding steroid dienone is 5. The first kappa shape index (κ1) is 13.4. The molecule has 1 aromatic rings. The molecule has 0 aliphatic heterocycles. The molecule has 0 aromatic carbocycles. The molecular weight excluding hydrogens is 230 g/mol. The topological polar surface area (TPSA) is 4.93 Å². The van der Waals surface area contributed by atoms with Crippen LogP contribution in [0.5, 0.6) is 0 Å². The second kappa shape index (κ2) is 5.75. The van der Waals surface area contributed by atoms with Crippen LogP contribution in [0.1, 0.15) is 42.3 Å². The zero-order chi connectivity index (χ0) is 13.8. The van der Waals surface area contributed by atoms with Crippen molar-refractivity contribution in [2.75, 3.05) is 0 Å². The van der Waals surface area contributed by atoms with Gasteiger partial charge in [0, 0.05) is 22.5 Å². The molecule has 98 valence electrons. The Kier molecular flexibility index (Phi) is 4.06. The molecule has 1 aliphatic rings. The van der Waals surface area contributed by atoms with Crippen LogP contribution in [0, 0.1) is 6.92 Å². The van der Waals surface area contributed by atoms with Gasteiger partial charge in [0.05, 0.1) is 5.69 Å². The molecule has 0 unspecified atom stereocenters. The molecule has 0 amide bonds. The molecule has 1 heteroatoms. The van der Waals surface area contributed by atoms with Crippen molar-refractivity contribution in [2.24, 2.45) is 0 Å². The minimum atomic E-state index is 1.10. The van der Waals surface area contributed by atoms with E-state index in [4.69, 9.17) is 0 Å². The monoisotopic (exact) mass is 251 g/mol. The van der Waals surface area contributed by atoms with Gasteiger partial charge in [-0.2, -0.15) is 0 Å². The van der Waals surface area contributed by atoms with E-state index >= 15 is 0 Å². The van der Waals surface area contributed by atoms with Crippen molar-refractivity contribution in [2.45, 2.75) is 26.7 Å². The standard InChI is InChI=1S/C18H21N/c1-5-11-17-14(4)19(15-12-9-8-10-13-15)18(7-3)16(17)6-2/h5-7,9,11-13H,2-3,8,10H2,1,4H3/b11-5-. The van der Waals surface area contributed by atoms with Crippen molar-refractivity contribution >= 4 is 23.9 Å². The van der Waals surface area contributed by atoms with Crippen LogP contribution in [0.4, 0.5) is 0 Å². The SMILES string of the molecule is C=Cc1c(/C=C\C)c(C)n(C2=CCCC=C2)c1C=C. The third kappa shape index (κ3) is 2.28. The summed E-state index contributed by atoms with van der Waals surface area (Å²) in [6.45, 7) is 12.1. The Morgan fingerprint density at radius 3 is 2.47 bits per heavy atom. The summed E-state index contributed by atoms with van der Waals surface area (Å²) in [7, 11) is 0. The van der Waals surface area contributed by atoms with E-state index in [-0.39, 0.29) is 0 Å². The molecule has 0 bridgehead atoms. The molecule has 19 heavy (non-hydrogen) atoms. The van der Waals surface area contributed by atoms with Crippen LogP contribution in [-0.2, 0) is 0 Å². The van der Waals surface area contributed by atoms with E-state index in [1.807, 2.05) is 19.1 Å². The minimum absolute atomic E-state index is 1.10. The molecule has 0 atom stereocenters. The van der Waals surface area contributed by atoms with E-state index in [0.717, 1.165) is 24.1 Å². The molecule has 0 radical (unpaired) electrons. The highest BCUT2D eigenvalue weighted by Crippen LogP contribution is 2.31. The van der Waals surface area contributed by atoms with Gasteiger partial charge < -0.3 is 4.57 Å². The van der Waals surface area contributed by atoms with Crippen molar-refractivity contribution in [3.63, 3.8) is 0 Å². The van der Waals surface area contributed by atoms with Gasteiger partial charge in [-0.05, 0) is 38.8 Å². The van der Waals surface area contributed by atoms with Gasteiger partial charge >= 0.3 is 0 Å². The Hall–Kier alpha value is -2.02. The van der Waals surface area contributed by atoms with Crippen molar-refractivity contribution in [3.8, 4) is 0 Å². The largest absolute Gasteiger partial charge is 0.314 e. The third-order valence-corrected chi connectivity index (χ3v) is 3.50. The second-order valence-corrected chi connectivity index (χ2v) is 4.65. The fourth-order valence-corrected chi connectivity index (χ4v) is 2.65. The summed E-state index contributed by atoms with van der Waals surface area (Å²) >= 11 is 0. The molecule has 0 saturated carbocycles. The first-order valence-electron chi connectivity index (χ1n) is 6.74. The third-order valence-electron chi connectivity index (χ3n) is 3.50. The van der Waals surface area contributed by atoms with Crippen molar-refractivity contribution < 1.29 is 0 Å². The smallest absolute Gasteiger partial charge is 0.0531 e. The maximum absolute atomic E-state index is 3.97. The summed E-state index contributed by atoms with van der Waals surface area (Å²) in [5, 5.41) is 0. The van der Waals surface area contributed by atoms with Gasteiger partial charge in [0.1, 0.15) is 0 Å². The Morgan fingerprint density at radius 1 is 1.16 bits per heavy atom. The lowest BCUT2D eigenvalue weighted by Gasteiger charge is -2.13. The zero-order valence-electron chi connectivity index (χ0n) is 11.8. The molecule has 1 heterocycles. The number of hydrogen-bond acceptors (Lipinski definition) is 0. The molecule has 1 nitrogen and oxygen atoms in total. The van der Waals surface area contributed by atoms with Crippen LogP contribution in [0.25, 0.3) is 23.9 Å². The van der Waals surface area contributed by atoms with Crippen LogP contribution in [0.2, 0.25) is 0 Å². The van der Waals surface area contributed by atoms with E-state index < -0.39 is 0 Å². The number of hydrogen-bond donors (Lipinski definition) is 0. The molecule has 0 N–H and O–H groups in total. The van der Waals surface area contributed by atoms with E-state index in [9.17, 15) is 0 Å². The van der Waals surface area contributed by atoms with Crippen LogP contribution in [-0.4, -0.2) is 4.57 Å². The normalized spacial score (nSPS) is 14.7. The second-order valence-electron chi connectivity index (χ2n) is 4.65. The van der Waals surface area contributed by atoms with Gasteiger partial charge in [0.2, 0.25) is 0 Å². The Morgan fingerprint density at radius 2 is 1.95 bits per heavy atom. The number of aromatic nitrogens is 1. The Bertz CT molecular complexity index is 592. The molecule has 0 spiro atoms. The van der Waals surface area contributed by atoms with Crippen molar-refractivity contribution in [1.29, 1.82) is 0 Å². The number of rotatable bonds is 4. The molecule has 1 aliphatic carbocycles. The van der Waals surface area contributed by atoms with Gasteiger partial charge in [-0.3, -0.25) is 0 Å². The van der Waals surface area contributed by atoms with E-state index in [1.165, 1.54) is 17.0 Å². The quantitative estimate of drug-likeness (QED) is 0.683. The fourth-order valence-electron chi connectivity index (χ4n) is 2.65. The molecular formula is C18H21N. The Balaban J connectivity index is 2.72. The van der Waals surface area contributed by atoms with E-state index in [0.29, 0.717) is 0 Å². The average molecular weight is 251 g/mol. The van der Waals surface area contributed by atoms with Gasteiger partial charge in [0.15, 0.2) is 0 Å². The summed E-state index contributed by atoms with van der Waals surface area (Å²) in [5.74, 6) is 0. The molecule has 0 saturated heterocycles. The van der Waals surface area contributed by atoms with E-state index in [2.05, 4.69) is 55.0 Å². The van der Waals surface area contributed by atoms with Gasteiger partial charge in [-0.1, -0.05) is 43.5 Å². The van der Waals surface area contributed by atoms with Crippen LogP contribution in [0.3, 0.4) is 0 Å². The van der Waals surface area contributed by atoms with Crippen molar-refractivity contribution in [3.05, 3.63) is 60.0 Å². The summed E-state index contributed by atoms with van der Waals surface area (Å²) < 4.78 is 2.27. The average Bonchev–Trinajstić information content (AvgIpc) is 2.72. The summed E-state index contributed by atoms with van der Waals surface area (Å²) in [4.78, 5) is 0. The summed E-state index contributed by atoms with van der Waals surface area (Å²) in [5.41, 5.74) is 5.98. The van der Waals surface area contributed by atoms with E-state index in [1.54, 1.807) is 0 Å². The highest BCUT2D eigenvalue weighted by Gasteiger charge is 2.16. The first-order valence-corrected chi connectivity index (χ1v) is 6.74. The first-order chi connectivity index (χ1) is 9.24. The highest BCUT2D eigenvalue weighted by molar-refractivity contribution is 5.78. The number of nitrogens with zero attached hydrogens (tertiary/aromatic N) is 1. The maximum atomic E-state index is 3.97. The molecule has 2 rings (SSSR count).